The molecule has 0 atom stereocenters. The van der Waals surface area contributed by atoms with E-state index in [4.69, 9.17) is 16.4 Å². The van der Waals surface area contributed by atoms with Crippen LogP contribution >= 0.6 is 11.6 Å². The molecular formula is C21H21ClN4O2. The number of para-hydroxylation sites is 1. The third kappa shape index (κ3) is 4.07. The van der Waals surface area contributed by atoms with Gasteiger partial charge in [-0.3, -0.25) is 9.48 Å². The fourth-order valence-corrected chi connectivity index (χ4v) is 3.15. The molecule has 3 aromatic rings. The van der Waals surface area contributed by atoms with E-state index in [0.29, 0.717) is 28.5 Å². The summed E-state index contributed by atoms with van der Waals surface area (Å²) in [5.41, 5.74) is 4.58. The molecule has 0 aliphatic carbocycles. The van der Waals surface area contributed by atoms with Crippen LogP contribution in [0.4, 0.5) is 5.69 Å². The second-order valence-electron chi connectivity index (χ2n) is 6.13. The lowest BCUT2D eigenvalue weighted by atomic mass is 10.0. The number of hydrogen-bond donors (Lipinski definition) is 1. The molecule has 1 heterocycles. The summed E-state index contributed by atoms with van der Waals surface area (Å²) in [7, 11) is 3.23. The fraction of sp³-hybridized carbons (Fsp3) is 0.190. The minimum atomic E-state index is -0.272. The van der Waals surface area contributed by atoms with Crippen molar-refractivity contribution in [2.45, 2.75) is 13.3 Å². The first-order valence-electron chi connectivity index (χ1n) is 8.83. The van der Waals surface area contributed by atoms with Gasteiger partial charge >= 0.3 is 0 Å². The van der Waals surface area contributed by atoms with Crippen LogP contribution in [-0.4, -0.2) is 29.0 Å². The molecule has 28 heavy (non-hydrogen) atoms. The van der Waals surface area contributed by atoms with Gasteiger partial charge in [0, 0.05) is 18.3 Å². The van der Waals surface area contributed by atoms with Gasteiger partial charge in [-0.05, 0) is 23.6 Å². The van der Waals surface area contributed by atoms with Gasteiger partial charge in [0.05, 0.1) is 17.5 Å². The Balaban J connectivity index is 1.91. The van der Waals surface area contributed by atoms with Gasteiger partial charge in [0.1, 0.15) is 12.3 Å². The Morgan fingerprint density at radius 3 is 2.64 bits per heavy atom. The first kappa shape index (κ1) is 19.6. The van der Waals surface area contributed by atoms with E-state index in [1.807, 2.05) is 55.5 Å². The maximum atomic E-state index is 12.9. The number of aromatic nitrogens is 2. The molecule has 1 amide bonds. The molecule has 0 spiro atoms. The Labute approximate surface area is 168 Å². The standard InChI is InChI=1S/C21H21ClN4O2/c1-4-17-19(20(22)26(2)25-17)21(27)24-18-8-6-5-7-16(18)15-11-9-14(10-12-15)13-23-28-3/h5-13H,4H2,1-3H3,(H,24,27). The smallest absolute Gasteiger partial charge is 0.260 e. The number of oxime groups is 1. The number of aryl methyl sites for hydroxylation is 2. The van der Waals surface area contributed by atoms with E-state index >= 15 is 0 Å². The topological polar surface area (TPSA) is 68.5 Å². The second kappa shape index (κ2) is 8.71. The zero-order chi connectivity index (χ0) is 20.1. The van der Waals surface area contributed by atoms with Gasteiger partial charge in [0.15, 0.2) is 0 Å². The number of hydrogen-bond acceptors (Lipinski definition) is 4. The predicted molar refractivity (Wildman–Crippen MR) is 112 cm³/mol. The highest BCUT2D eigenvalue weighted by atomic mass is 35.5. The highest BCUT2D eigenvalue weighted by Gasteiger charge is 2.21. The maximum absolute atomic E-state index is 12.9. The summed E-state index contributed by atoms with van der Waals surface area (Å²) in [6, 6.07) is 15.4. The molecule has 0 aliphatic rings. The van der Waals surface area contributed by atoms with Crippen molar-refractivity contribution in [3.8, 4) is 11.1 Å². The molecule has 1 N–H and O–H groups in total. The molecule has 1 aromatic heterocycles. The number of carbonyl (C=O) groups is 1. The Bertz CT molecular complexity index is 1010. The minimum absolute atomic E-state index is 0.272. The van der Waals surface area contributed by atoms with E-state index in [-0.39, 0.29) is 5.91 Å². The summed E-state index contributed by atoms with van der Waals surface area (Å²) in [4.78, 5) is 17.6. The highest BCUT2D eigenvalue weighted by Crippen LogP contribution is 2.29. The van der Waals surface area contributed by atoms with Crippen LogP contribution in [0.1, 0.15) is 28.5 Å². The normalized spacial score (nSPS) is 11.0. The monoisotopic (exact) mass is 396 g/mol. The summed E-state index contributed by atoms with van der Waals surface area (Å²) in [6.07, 6.45) is 2.25. The van der Waals surface area contributed by atoms with Crippen molar-refractivity contribution in [2.75, 3.05) is 12.4 Å². The van der Waals surface area contributed by atoms with Crippen LogP contribution in [0, 0.1) is 0 Å². The minimum Gasteiger partial charge on any atom is -0.399 e. The number of carbonyl (C=O) groups excluding carboxylic acids is 1. The van der Waals surface area contributed by atoms with E-state index in [9.17, 15) is 4.79 Å². The lowest BCUT2D eigenvalue weighted by molar-refractivity contribution is 0.102. The average Bonchev–Trinajstić information content (AvgIpc) is 3.01. The molecule has 7 heteroatoms. The van der Waals surface area contributed by atoms with Crippen molar-refractivity contribution in [1.82, 2.24) is 9.78 Å². The number of halogens is 1. The first-order valence-corrected chi connectivity index (χ1v) is 9.21. The van der Waals surface area contributed by atoms with Crippen LogP contribution < -0.4 is 5.32 Å². The van der Waals surface area contributed by atoms with Crippen molar-refractivity contribution in [3.05, 3.63) is 70.5 Å². The molecule has 6 nitrogen and oxygen atoms in total. The number of anilines is 1. The number of benzene rings is 2. The van der Waals surface area contributed by atoms with Gasteiger partial charge in [-0.1, -0.05) is 66.1 Å². The summed E-state index contributed by atoms with van der Waals surface area (Å²) in [5, 5.41) is 11.4. The lowest BCUT2D eigenvalue weighted by Gasteiger charge is -2.12. The molecule has 0 unspecified atom stereocenters. The zero-order valence-corrected chi connectivity index (χ0v) is 16.7. The third-order valence-corrected chi connectivity index (χ3v) is 4.75. The summed E-state index contributed by atoms with van der Waals surface area (Å²) in [6.45, 7) is 1.94. The van der Waals surface area contributed by atoms with E-state index in [1.165, 1.54) is 11.8 Å². The molecular weight excluding hydrogens is 376 g/mol. The van der Waals surface area contributed by atoms with Crippen molar-refractivity contribution in [2.24, 2.45) is 12.2 Å². The van der Waals surface area contributed by atoms with E-state index in [2.05, 4.69) is 15.6 Å². The zero-order valence-electron chi connectivity index (χ0n) is 15.9. The Kier molecular flexibility index (Phi) is 6.11. The van der Waals surface area contributed by atoms with Crippen LogP contribution in [0.2, 0.25) is 5.15 Å². The van der Waals surface area contributed by atoms with Crippen LogP contribution in [0.25, 0.3) is 11.1 Å². The summed E-state index contributed by atoms with van der Waals surface area (Å²) < 4.78 is 1.52. The first-order chi connectivity index (χ1) is 13.5. The molecule has 0 fully saturated rings. The molecule has 144 valence electrons. The maximum Gasteiger partial charge on any atom is 0.260 e. The molecule has 3 rings (SSSR count). The molecule has 0 bridgehead atoms. The summed E-state index contributed by atoms with van der Waals surface area (Å²) >= 11 is 6.29. The van der Waals surface area contributed by atoms with Crippen LogP contribution in [0.5, 0.6) is 0 Å². The van der Waals surface area contributed by atoms with E-state index in [1.54, 1.807) is 13.3 Å². The average molecular weight is 397 g/mol. The van der Waals surface area contributed by atoms with Gasteiger partial charge in [-0.2, -0.15) is 5.10 Å². The van der Waals surface area contributed by atoms with Gasteiger partial charge in [0.2, 0.25) is 0 Å². The molecule has 0 saturated carbocycles. The Morgan fingerprint density at radius 2 is 1.96 bits per heavy atom. The van der Waals surface area contributed by atoms with Crippen molar-refractivity contribution >= 4 is 29.4 Å². The number of nitrogens with one attached hydrogen (secondary N) is 1. The molecule has 2 aromatic carbocycles. The molecule has 0 radical (unpaired) electrons. The SMILES string of the molecule is CCc1nn(C)c(Cl)c1C(=O)Nc1ccccc1-c1ccc(C=NOC)cc1. The Hall–Kier alpha value is -3.12. The number of amides is 1. The summed E-state index contributed by atoms with van der Waals surface area (Å²) in [5.74, 6) is -0.272. The largest absolute Gasteiger partial charge is 0.399 e. The molecule has 0 saturated heterocycles. The number of rotatable bonds is 6. The highest BCUT2D eigenvalue weighted by molar-refractivity contribution is 6.33. The van der Waals surface area contributed by atoms with Crippen molar-refractivity contribution in [1.29, 1.82) is 0 Å². The predicted octanol–water partition coefficient (Wildman–Crippen LogP) is 4.54. The quantitative estimate of drug-likeness (QED) is 0.491. The van der Waals surface area contributed by atoms with Gasteiger partial charge in [-0.15, -0.1) is 0 Å². The van der Waals surface area contributed by atoms with Gasteiger partial charge in [0.25, 0.3) is 5.91 Å². The van der Waals surface area contributed by atoms with Crippen molar-refractivity contribution in [3.63, 3.8) is 0 Å². The van der Waals surface area contributed by atoms with Crippen LogP contribution in [-0.2, 0) is 18.3 Å². The van der Waals surface area contributed by atoms with Gasteiger partial charge < -0.3 is 10.2 Å². The van der Waals surface area contributed by atoms with Gasteiger partial charge in [-0.25, -0.2) is 0 Å². The van der Waals surface area contributed by atoms with Crippen LogP contribution in [0.3, 0.4) is 0 Å². The molecule has 0 aliphatic heterocycles. The van der Waals surface area contributed by atoms with E-state index in [0.717, 1.165) is 16.7 Å². The van der Waals surface area contributed by atoms with E-state index < -0.39 is 0 Å². The third-order valence-electron chi connectivity index (χ3n) is 4.32. The second-order valence-corrected chi connectivity index (χ2v) is 6.49. The lowest BCUT2D eigenvalue weighted by Crippen LogP contribution is -2.14. The fourth-order valence-electron chi connectivity index (χ4n) is 2.92. The Morgan fingerprint density at radius 1 is 1.25 bits per heavy atom. The van der Waals surface area contributed by atoms with Crippen LogP contribution in [0.15, 0.2) is 53.7 Å². The van der Waals surface area contributed by atoms with Crippen molar-refractivity contribution < 1.29 is 9.63 Å². The number of nitrogens with zero attached hydrogens (tertiary/aromatic N) is 3.